The minimum Gasteiger partial charge on any atom is -0.394 e. The Bertz CT molecular complexity index is 464. The lowest BCUT2D eigenvalue weighted by Crippen LogP contribution is -2.40. The lowest BCUT2D eigenvalue weighted by atomic mass is 10.0. The van der Waals surface area contributed by atoms with Crippen LogP contribution in [0.25, 0.3) is 0 Å². The second-order valence-electron chi connectivity index (χ2n) is 5.35. The van der Waals surface area contributed by atoms with Gasteiger partial charge in [0.2, 0.25) is 0 Å². The molecular weight excluding hydrogens is 254 g/mol. The second-order valence-corrected chi connectivity index (χ2v) is 5.35. The summed E-state index contributed by atoms with van der Waals surface area (Å²) in [4.78, 5) is 18.6. The average molecular weight is 277 g/mol. The highest BCUT2D eigenvalue weighted by atomic mass is 16.3. The molecule has 5 nitrogen and oxygen atoms in total. The first kappa shape index (κ1) is 14.8. The second kappa shape index (κ2) is 6.70. The molecule has 110 valence electrons. The standard InChI is InChI=1S/C15H23N3O2/c1-3-8-16-14-6-4-5-12(17-14)15(20)18-9-7-11(2)13(18)10-19/h4-6,11,13,19H,3,7-10H2,1-2H3,(H,16,17). The van der Waals surface area contributed by atoms with E-state index in [9.17, 15) is 9.90 Å². The summed E-state index contributed by atoms with van der Waals surface area (Å²) in [7, 11) is 0. The lowest BCUT2D eigenvalue weighted by Gasteiger charge is -2.25. The van der Waals surface area contributed by atoms with Crippen LogP contribution in [0.15, 0.2) is 18.2 Å². The van der Waals surface area contributed by atoms with Crippen LogP contribution >= 0.6 is 0 Å². The maximum atomic E-state index is 12.5. The number of nitrogens with one attached hydrogen (secondary N) is 1. The Labute approximate surface area is 120 Å². The van der Waals surface area contributed by atoms with Crippen molar-refractivity contribution in [3.05, 3.63) is 23.9 Å². The monoisotopic (exact) mass is 277 g/mol. The summed E-state index contributed by atoms with van der Waals surface area (Å²) in [6.45, 7) is 5.70. The Hall–Kier alpha value is -1.62. The molecule has 1 aromatic heterocycles. The van der Waals surface area contributed by atoms with Crippen LogP contribution in [0, 0.1) is 5.92 Å². The Morgan fingerprint density at radius 1 is 1.55 bits per heavy atom. The van der Waals surface area contributed by atoms with Crippen molar-refractivity contribution in [2.24, 2.45) is 5.92 Å². The number of likely N-dealkylation sites (tertiary alicyclic amines) is 1. The Morgan fingerprint density at radius 3 is 3.05 bits per heavy atom. The van der Waals surface area contributed by atoms with Crippen LogP contribution < -0.4 is 5.32 Å². The molecule has 2 atom stereocenters. The van der Waals surface area contributed by atoms with E-state index in [0.29, 0.717) is 18.2 Å². The summed E-state index contributed by atoms with van der Waals surface area (Å²) in [5.74, 6) is 0.976. The fourth-order valence-corrected chi connectivity index (χ4v) is 2.59. The molecule has 2 N–H and O–H groups in total. The number of carbonyl (C=O) groups is 1. The first-order valence-electron chi connectivity index (χ1n) is 7.30. The van der Waals surface area contributed by atoms with Crippen molar-refractivity contribution >= 4 is 11.7 Å². The number of pyridine rings is 1. The summed E-state index contributed by atoms with van der Waals surface area (Å²) in [6, 6.07) is 5.35. The molecule has 0 saturated carbocycles. The minimum atomic E-state index is -0.0893. The molecule has 2 heterocycles. The fraction of sp³-hybridized carbons (Fsp3) is 0.600. The van der Waals surface area contributed by atoms with Gasteiger partial charge in [-0.25, -0.2) is 4.98 Å². The van der Waals surface area contributed by atoms with E-state index in [4.69, 9.17) is 0 Å². The molecule has 2 rings (SSSR count). The molecule has 0 aromatic carbocycles. The summed E-state index contributed by atoms with van der Waals surface area (Å²) >= 11 is 0. The Morgan fingerprint density at radius 2 is 2.35 bits per heavy atom. The quantitative estimate of drug-likeness (QED) is 0.860. The summed E-state index contributed by atoms with van der Waals surface area (Å²) in [6.07, 6.45) is 1.95. The summed E-state index contributed by atoms with van der Waals surface area (Å²) in [5, 5.41) is 12.6. The van der Waals surface area contributed by atoms with Crippen molar-refractivity contribution in [2.75, 3.05) is 25.0 Å². The molecule has 20 heavy (non-hydrogen) atoms. The normalized spacial score (nSPS) is 22.1. The van der Waals surface area contributed by atoms with Crippen molar-refractivity contribution in [3.63, 3.8) is 0 Å². The van der Waals surface area contributed by atoms with Crippen molar-refractivity contribution in [1.29, 1.82) is 0 Å². The molecule has 2 unspecified atom stereocenters. The van der Waals surface area contributed by atoms with Gasteiger partial charge in [-0.05, 0) is 30.9 Å². The van der Waals surface area contributed by atoms with Gasteiger partial charge in [0, 0.05) is 13.1 Å². The number of hydrogen-bond acceptors (Lipinski definition) is 4. The molecule has 0 aliphatic carbocycles. The highest BCUT2D eigenvalue weighted by molar-refractivity contribution is 5.93. The lowest BCUT2D eigenvalue weighted by molar-refractivity contribution is 0.0642. The largest absolute Gasteiger partial charge is 0.394 e. The van der Waals surface area contributed by atoms with Gasteiger partial charge in [0.25, 0.3) is 5.91 Å². The van der Waals surface area contributed by atoms with E-state index in [-0.39, 0.29) is 18.6 Å². The Kier molecular flexibility index (Phi) is 4.95. The number of rotatable bonds is 5. The third-order valence-electron chi connectivity index (χ3n) is 3.85. The minimum absolute atomic E-state index is 0.0146. The van der Waals surface area contributed by atoms with Gasteiger partial charge in [0.1, 0.15) is 11.5 Å². The van der Waals surface area contributed by atoms with Crippen LogP contribution in [0.4, 0.5) is 5.82 Å². The van der Waals surface area contributed by atoms with E-state index in [1.807, 2.05) is 12.1 Å². The van der Waals surface area contributed by atoms with Gasteiger partial charge >= 0.3 is 0 Å². The molecule has 1 aliphatic rings. The number of amides is 1. The number of anilines is 1. The maximum absolute atomic E-state index is 12.5. The van der Waals surface area contributed by atoms with E-state index < -0.39 is 0 Å². The predicted octanol–water partition coefficient (Wildman–Crippen LogP) is 1.75. The average Bonchev–Trinajstić information content (AvgIpc) is 2.85. The van der Waals surface area contributed by atoms with Gasteiger partial charge in [-0.15, -0.1) is 0 Å². The number of aliphatic hydroxyl groups excluding tert-OH is 1. The number of carbonyl (C=O) groups excluding carboxylic acids is 1. The van der Waals surface area contributed by atoms with E-state index >= 15 is 0 Å². The molecular formula is C15H23N3O2. The third-order valence-corrected chi connectivity index (χ3v) is 3.85. The molecule has 1 fully saturated rings. The summed E-state index contributed by atoms with van der Waals surface area (Å²) in [5.41, 5.74) is 0.443. The van der Waals surface area contributed by atoms with Gasteiger partial charge < -0.3 is 15.3 Å². The number of aliphatic hydroxyl groups is 1. The van der Waals surface area contributed by atoms with E-state index in [1.165, 1.54) is 0 Å². The highest BCUT2D eigenvalue weighted by Crippen LogP contribution is 2.25. The van der Waals surface area contributed by atoms with E-state index in [0.717, 1.165) is 25.2 Å². The first-order valence-corrected chi connectivity index (χ1v) is 7.30. The smallest absolute Gasteiger partial charge is 0.272 e. The van der Waals surface area contributed by atoms with Crippen LogP contribution in [-0.2, 0) is 0 Å². The zero-order chi connectivity index (χ0) is 14.5. The molecule has 1 saturated heterocycles. The van der Waals surface area contributed by atoms with Crippen LogP contribution in [0.5, 0.6) is 0 Å². The van der Waals surface area contributed by atoms with Crippen molar-refractivity contribution in [1.82, 2.24) is 9.88 Å². The van der Waals surface area contributed by atoms with Gasteiger partial charge in [-0.3, -0.25) is 4.79 Å². The number of hydrogen-bond donors (Lipinski definition) is 2. The van der Waals surface area contributed by atoms with Crippen LogP contribution in [0.3, 0.4) is 0 Å². The zero-order valence-corrected chi connectivity index (χ0v) is 12.2. The van der Waals surface area contributed by atoms with Crippen molar-refractivity contribution < 1.29 is 9.90 Å². The van der Waals surface area contributed by atoms with Gasteiger partial charge in [-0.2, -0.15) is 0 Å². The molecule has 0 radical (unpaired) electrons. The molecule has 0 bridgehead atoms. The van der Waals surface area contributed by atoms with Crippen LogP contribution in [0.2, 0.25) is 0 Å². The maximum Gasteiger partial charge on any atom is 0.272 e. The number of aromatic nitrogens is 1. The molecule has 1 aliphatic heterocycles. The summed E-state index contributed by atoms with van der Waals surface area (Å²) < 4.78 is 0. The van der Waals surface area contributed by atoms with Crippen molar-refractivity contribution in [3.8, 4) is 0 Å². The third kappa shape index (κ3) is 3.10. The SMILES string of the molecule is CCCNc1cccc(C(=O)N2CCC(C)C2CO)n1. The highest BCUT2D eigenvalue weighted by Gasteiger charge is 2.34. The Balaban J connectivity index is 2.12. The fourth-order valence-electron chi connectivity index (χ4n) is 2.59. The van der Waals surface area contributed by atoms with Gasteiger partial charge in [-0.1, -0.05) is 19.9 Å². The van der Waals surface area contributed by atoms with Crippen LogP contribution in [-0.4, -0.2) is 46.6 Å². The van der Waals surface area contributed by atoms with E-state index in [1.54, 1.807) is 11.0 Å². The van der Waals surface area contributed by atoms with Crippen LogP contribution in [0.1, 0.15) is 37.2 Å². The van der Waals surface area contributed by atoms with Gasteiger partial charge in [0.15, 0.2) is 0 Å². The molecule has 1 amide bonds. The molecule has 5 heteroatoms. The zero-order valence-electron chi connectivity index (χ0n) is 12.2. The van der Waals surface area contributed by atoms with Crippen molar-refractivity contribution in [2.45, 2.75) is 32.7 Å². The topological polar surface area (TPSA) is 65.5 Å². The number of nitrogens with zero attached hydrogens (tertiary/aromatic N) is 2. The predicted molar refractivity (Wildman–Crippen MR) is 78.7 cm³/mol. The molecule has 1 aromatic rings. The molecule has 0 spiro atoms. The first-order chi connectivity index (χ1) is 9.67. The van der Waals surface area contributed by atoms with Gasteiger partial charge in [0.05, 0.1) is 12.6 Å². The van der Waals surface area contributed by atoms with E-state index in [2.05, 4.69) is 24.1 Å².